The van der Waals surface area contributed by atoms with Gasteiger partial charge in [0.2, 0.25) is 0 Å². The van der Waals surface area contributed by atoms with Crippen LogP contribution in [0.1, 0.15) is 17.8 Å². The van der Waals surface area contributed by atoms with Crippen molar-refractivity contribution < 1.29 is 0 Å². The van der Waals surface area contributed by atoms with Gasteiger partial charge in [0.05, 0.1) is 17.9 Å². The highest BCUT2D eigenvalue weighted by molar-refractivity contribution is 5.46. The van der Waals surface area contributed by atoms with Crippen LogP contribution in [0.4, 0.5) is 5.69 Å². The van der Waals surface area contributed by atoms with E-state index in [1.807, 2.05) is 24.7 Å². The molecule has 2 rings (SSSR count). The van der Waals surface area contributed by atoms with Gasteiger partial charge in [-0.15, -0.1) is 0 Å². The van der Waals surface area contributed by atoms with E-state index in [2.05, 4.69) is 40.3 Å². The first-order chi connectivity index (χ1) is 9.20. The Labute approximate surface area is 114 Å². The second-order valence-electron chi connectivity index (χ2n) is 4.80. The predicted molar refractivity (Wildman–Crippen MR) is 79.1 cm³/mol. The molecule has 0 fully saturated rings. The van der Waals surface area contributed by atoms with Crippen LogP contribution in [0, 0.1) is 6.92 Å². The minimum absolute atomic E-state index is 0.716. The molecule has 2 aromatic rings. The van der Waals surface area contributed by atoms with Gasteiger partial charge in [-0.2, -0.15) is 5.10 Å². The summed E-state index contributed by atoms with van der Waals surface area (Å²) in [6, 6.07) is 12.6. The maximum absolute atomic E-state index is 5.64. The van der Waals surface area contributed by atoms with Crippen molar-refractivity contribution in [3.05, 3.63) is 47.8 Å². The summed E-state index contributed by atoms with van der Waals surface area (Å²) in [6.45, 7) is 4.57. The van der Waals surface area contributed by atoms with Crippen LogP contribution in [0.2, 0.25) is 0 Å². The molecule has 4 heteroatoms. The summed E-state index contributed by atoms with van der Waals surface area (Å²) in [5, 5.41) is 4.40. The fourth-order valence-corrected chi connectivity index (χ4v) is 2.23. The van der Waals surface area contributed by atoms with E-state index in [0.717, 1.165) is 25.2 Å². The number of nitrogens with zero attached hydrogens (tertiary/aromatic N) is 3. The predicted octanol–water partition coefficient (Wildman–Crippen LogP) is 2.08. The maximum atomic E-state index is 5.64. The summed E-state index contributed by atoms with van der Waals surface area (Å²) in [5.41, 5.74) is 9.15. The molecule has 1 aromatic carbocycles. The third kappa shape index (κ3) is 3.58. The lowest BCUT2D eigenvalue weighted by Gasteiger charge is -2.24. The Hall–Kier alpha value is -1.81. The summed E-state index contributed by atoms with van der Waals surface area (Å²) in [4.78, 5) is 2.35. The van der Waals surface area contributed by atoms with E-state index >= 15 is 0 Å². The molecular weight excluding hydrogens is 236 g/mol. The number of hydrogen-bond acceptors (Lipinski definition) is 3. The zero-order valence-corrected chi connectivity index (χ0v) is 11.7. The van der Waals surface area contributed by atoms with Crippen molar-refractivity contribution in [2.24, 2.45) is 12.8 Å². The molecular formula is C15H22N4. The van der Waals surface area contributed by atoms with E-state index in [9.17, 15) is 0 Å². The Morgan fingerprint density at radius 3 is 2.58 bits per heavy atom. The van der Waals surface area contributed by atoms with Crippen molar-refractivity contribution in [2.45, 2.75) is 19.9 Å². The van der Waals surface area contributed by atoms with E-state index < -0.39 is 0 Å². The molecule has 0 saturated carbocycles. The third-order valence-corrected chi connectivity index (χ3v) is 3.21. The largest absolute Gasteiger partial charge is 0.366 e. The molecule has 0 radical (unpaired) electrons. The summed E-state index contributed by atoms with van der Waals surface area (Å²) in [6.07, 6.45) is 0.992. The average molecular weight is 258 g/mol. The van der Waals surface area contributed by atoms with Crippen molar-refractivity contribution in [1.82, 2.24) is 9.78 Å². The Morgan fingerprint density at radius 2 is 2.00 bits per heavy atom. The average Bonchev–Trinajstić information content (AvgIpc) is 2.73. The summed E-state index contributed by atoms with van der Waals surface area (Å²) >= 11 is 0. The van der Waals surface area contributed by atoms with Crippen LogP contribution < -0.4 is 10.6 Å². The number of hydrogen-bond donors (Lipinski definition) is 1. The van der Waals surface area contributed by atoms with Crippen LogP contribution in [0.5, 0.6) is 0 Å². The molecule has 4 nitrogen and oxygen atoms in total. The number of benzene rings is 1. The molecule has 0 aliphatic carbocycles. The van der Waals surface area contributed by atoms with Gasteiger partial charge in [-0.25, -0.2) is 0 Å². The first-order valence-corrected chi connectivity index (χ1v) is 6.70. The van der Waals surface area contributed by atoms with Crippen LogP contribution in [0.25, 0.3) is 0 Å². The molecule has 1 aromatic heterocycles. The van der Waals surface area contributed by atoms with Crippen molar-refractivity contribution in [3.8, 4) is 0 Å². The van der Waals surface area contributed by atoms with E-state index in [4.69, 9.17) is 5.73 Å². The SMILES string of the molecule is Cc1cc(CN(CCCN)c2ccccc2)n(C)n1. The number of aryl methyl sites for hydroxylation is 2. The zero-order chi connectivity index (χ0) is 13.7. The van der Waals surface area contributed by atoms with Crippen LogP contribution in [0.3, 0.4) is 0 Å². The van der Waals surface area contributed by atoms with Gasteiger partial charge in [-0.1, -0.05) is 18.2 Å². The Kier molecular flexibility index (Phi) is 4.58. The number of nitrogens with two attached hydrogens (primary N) is 1. The van der Waals surface area contributed by atoms with E-state index in [1.54, 1.807) is 0 Å². The lowest BCUT2D eigenvalue weighted by atomic mass is 10.2. The van der Waals surface area contributed by atoms with Gasteiger partial charge >= 0.3 is 0 Å². The summed E-state index contributed by atoms with van der Waals surface area (Å²) < 4.78 is 1.95. The van der Waals surface area contributed by atoms with E-state index in [0.29, 0.717) is 6.54 Å². The second-order valence-corrected chi connectivity index (χ2v) is 4.80. The van der Waals surface area contributed by atoms with Gasteiger partial charge in [0, 0.05) is 19.3 Å². The third-order valence-electron chi connectivity index (χ3n) is 3.21. The Morgan fingerprint density at radius 1 is 1.26 bits per heavy atom. The molecule has 0 bridgehead atoms. The molecule has 19 heavy (non-hydrogen) atoms. The van der Waals surface area contributed by atoms with E-state index in [-0.39, 0.29) is 0 Å². The lowest BCUT2D eigenvalue weighted by molar-refractivity contribution is 0.663. The Balaban J connectivity index is 2.16. The van der Waals surface area contributed by atoms with Crippen molar-refractivity contribution in [1.29, 1.82) is 0 Å². The molecule has 0 saturated heterocycles. The van der Waals surface area contributed by atoms with Gasteiger partial charge < -0.3 is 10.6 Å². The van der Waals surface area contributed by atoms with Gasteiger partial charge in [0.15, 0.2) is 0 Å². The van der Waals surface area contributed by atoms with Crippen LogP contribution >= 0.6 is 0 Å². The molecule has 0 atom stereocenters. The second kappa shape index (κ2) is 6.38. The monoisotopic (exact) mass is 258 g/mol. The number of para-hydroxylation sites is 1. The first-order valence-electron chi connectivity index (χ1n) is 6.70. The zero-order valence-electron chi connectivity index (χ0n) is 11.7. The van der Waals surface area contributed by atoms with Crippen molar-refractivity contribution in [2.75, 3.05) is 18.0 Å². The van der Waals surface area contributed by atoms with Gasteiger partial charge in [0.25, 0.3) is 0 Å². The highest BCUT2D eigenvalue weighted by atomic mass is 15.3. The minimum atomic E-state index is 0.716. The normalized spacial score (nSPS) is 10.7. The number of anilines is 1. The van der Waals surface area contributed by atoms with Crippen molar-refractivity contribution in [3.63, 3.8) is 0 Å². The fourth-order valence-electron chi connectivity index (χ4n) is 2.23. The highest BCUT2D eigenvalue weighted by Crippen LogP contribution is 2.17. The standard InChI is InChI=1S/C15H22N4/c1-13-11-15(18(2)17-13)12-19(10-6-9-16)14-7-4-3-5-8-14/h3-5,7-8,11H,6,9-10,12,16H2,1-2H3. The molecule has 0 unspecified atom stereocenters. The smallest absolute Gasteiger partial charge is 0.0598 e. The molecule has 2 N–H and O–H groups in total. The molecule has 0 amide bonds. The molecule has 0 spiro atoms. The van der Waals surface area contributed by atoms with Crippen LogP contribution in [0.15, 0.2) is 36.4 Å². The molecule has 102 valence electrons. The quantitative estimate of drug-likeness (QED) is 0.863. The fraction of sp³-hybridized carbons (Fsp3) is 0.400. The van der Waals surface area contributed by atoms with Gasteiger partial charge in [-0.05, 0) is 38.1 Å². The summed E-state index contributed by atoms with van der Waals surface area (Å²) in [5.74, 6) is 0. The van der Waals surface area contributed by atoms with Gasteiger partial charge in [-0.3, -0.25) is 4.68 Å². The summed E-state index contributed by atoms with van der Waals surface area (Å²) in [7, 11) is 1.99. The van der Waals surface area contributed by atoms with E-state index in [1.165, 1.54) is 11.4 Å². The number of rotatable bonds is 6. The van der Waals surface area contributed by atoms with Gasteiger partial charge in [0.1, 0.15) is 0 Å². The topological polar surface area (TPSA) is 47.1 Å². The minimum Gasteiger partial charge on any atom is -0.366 e. The maximum Gasteiger partial charge on any atom is 0.0598 e. The van der Waals surface area contributed by atoms with Crippen molar-refractivity contribution >= 4 is 5.69 Å². The van der Waals surface area contributed by atoms with Crippen LogP contribution in [-0.4, -0.2) is 22.9 Å². The molecule has 1 heterocycles. The Bertz CT molecular complexity index is 504. The van der Waals surface area contributed by atoms with Crippen LogP contribution in [-0.2, 0) is 13.6 Å². The lowest BCUT2D eigenvalue weighted by Crippen LogP contribution is -2.26. The highest BCUT2D eigenvalue weighted by Gasteiger charge is 2.10. The molecule has 0 aliphatic rings. The first kappa shape index (κ1) is 13.6. The number of aromatic nitrogens is 2. The molecule has 0 aliphatic heterocycles.